The lowest BCUT2D eigenvalue weighted by molar-refractivity contribution is 0.122. The van der Waals surface area contributed by atoms with Crippen LogP contribution >= 0.6 is 11.3 Å². The predicted molar refractivity (Wildman–Crippen MR) is 94.7 cm³/mol. The minimum atomic E-state index is 0.555. The molecule has 0 aliphatic carbocycles. The van der Waals surface area contributed by atoms with E-state index in [2.05, 4.69) is 25.2 Å². The number of hydrogen-bond donors (Lipinski definition) is 1. The topological polar surface area (TPSA) is 72.4 Å². The smallest absolute Gasteiger partial charge is 0.227 e. The Hall–Kier alpha value is -1.77. The molecule has 130 valence electrons. The highest BCUT2D eigenvalue weighted by Gasteiger charge is 2.15. The first kappa shape index (κ1) is 17.1. The van der Waals surface area contributed by atoms with Gasteiger partial charge in [0.2, 0.25) is 5.95 Å². The van der Waals surface area contributed by atoms with Gasteiger partial charge in [-0.1, -0.05) is 0 Å². The summed E-state index contributed by atoms with van der Waals surface area (Å²) in [4.78, 5) is 17.1. The zero-order valence-corrected chi connectivity index (χ0v) is 15.2. The largest absolute Gasteiger partial charge is 0.378 e. The van der Waals surface area contributed by atoms with Crippen molar-refractivity contribution in [3.05, 3.63) is 27.3 Å². The molecular weight excluding hydrogens is 326 g/mol. The van der Waals surface area contributed by atoms with Gasteiger partial charge in [-0.25, -0.2) is 9.97 Å². The quantitative estimate of drug-likeness (QED) is 0.856. The Morgan fingerprint density at radius 2 is 2.04 bits per heavy atom. The van der Waals surface area contributed by atoms with Gasteiger partial charge in [0, 0.05) is 36.8 Å². The first-order valence-corrected chi connectivity index (χ1v) is 8.83. The molecule has 1 N–H and O–H groups in total. The number of rotatable bonds is 6. The first-order chi connectivity index (χ1) is 11.7. The van der Waals surface area contributed by atoms with Crippen LogP contribution in [0.4, 0.5) is 11.8 Å². The van der Waals surface area contributed by atoms with Crippen LogP contribution in [0, 0.1) is 13.8 Å². The lowest BCUT2D eigenvalue weighted by Gasteiger charge is -2.27. The van der Waals surface area contributed by atoms with Crippen molar-refractivity contribution in [1.29, 1.82) is 0 Å². The van der Waals surface area contributed by atoms with Gasteiger partial charge in [-0.05, 0) is 13.8 Å². The molecule has 0 atom stereocenters. The third kappa shape index (κ3) is 4.19. The van der Waals surface area contributed by atoms with E-state index in [4.69, 9.17) is 9.47 Å². The molecule has 24 heavy (non-hydrogen) atoms. The second-order valence-electron chi connectivity index (χ2n) is 5.70. The Kier molecular flexibility index (Phi) is 5.60. The molecule has 0 amide bonds. The summed E-state index contributed by atoms with van der Waals surface area (Å²) in [6.07, 6.45) is 0. The molecule has 0 radical (unpaired) electrons. The average Bonchev–Trinajstić information content (AvgIpc) is 2.93. The van der Waals surface area contributed by atoms with Crippen LogP contribution in [0.2, 0.25) is 0 Å². The summed E-state index contributed by atoms with van der Waals surface area (Å²) < 4.78 is 10.5. The maximum Gasteiger partial charge on any atom is 0.227 e. The number of anilines is 2. The first-order valence-electron chi connectivity index (χ1n) is 8.02. The van der Waals surface area contributed by atoms with Crippen molar-refractivity contribution in [1.82, 2.24) is 15.0 Å². The lowest BCUT2D eigenvalue weighted by Crippen LogP contribution is -2.37. The Balaban J connectivity index is 1.69. The van der Waals surface area contributed by atoms with Crippen molar-refractivity contribution in [3.8, 4) is 0 Å². The van der Waals surface area contributed by atoms with Gasteiger partial charge in [0.15, 0.2) is 0 Å². The normalized spacial score (nSPS) is 14.9. The molecule has 1 fully saturated rings. The Morgan fingerprint density at radius 1 is 1.25 bits per heavy atom. The fraction of sp³-hybridized carbons (Fsp3) is 0.562. The molecule has 0 aromatic carbocycles. The summed E-state index contributed by atoms with van der Waals surface area (Å²) in [5.41, 5.74) is 1.99. The second-order valence-corrected chi connectivity index (χ2v) is 6.86. The van der Waals surface area contributed by atoms with Crippen molar-refractivity contribution in [2.75, 3.05) is 43.6 Å². The number of aryl methyl sites for hydroxylation is 2. The number of aromatic nitrogens is 3. The molecule has 0 saturated carbocycles. The number of nitrogens with zero attached hydrogens (tertiary/aromatic N) is 4. The Labute approximate surface area is 146 Å². The van der Waals surface area contributed by atoms with Gasteiger partial charge >= 0.3 is 0 Å². The number of hydrogen-bond acceptors (Lipinski definition) is 8. The third-order valence-electron chi connectivity index (χ3n) is 3.77. The molecule has 0 spiro atoms. The van der Waals surface area contributed by atoms with Gasteiger partial charge in [0.25, 0.3) is 0 Å². The molecular formula is C16H23N5O2S. The maximum atomic E-state index is 5.39. The van der Waals surface area contributed by atoms with Crippen molar-refractivity contribution >= 4 is 23.1 Å². The second kappa shape index (κ2) is 7.87. The Morgan fingerprint density at radius 3 is 2.79 bits per heavy atom. The number of nitrogens with one attached hydrogen (secondary N) is 1. The molecule has 2 aromatic rings. The van der Waals surface area contributed by atoms with Gasteiger partial charge in [0.05, 0.1) is 32.1 Å². The van der Waals surface area contributed by atoms with E-state index >= 15 is 0 Å². The van der Waals surface area contributed by atoms with E-state index < -0.39 is 0 Å². The van der Waals surface area contributed by atoms with Crippen LogP contribution in [-0.4, -0.2) is 48.4 Å². The molecule has 1 saturated heterocycles. The van der Waals surface area contributed by atoms with Crippen molar-refractivity contribution in [2.24, 2.45) is 0 Å². The van der Waals surface area contributed by atoms with Crippen molar-refractivity contribution in [2.45, 2.75) is 27.0 Å². The van der Waals surface area contributed by atoms with E-state index in [-0.39, 0.29) is 0 Å². The highest BCUT2D eigenvalue weighted by molar-refractivity contribution is 7.11. The fourth-order valence-corrected chi connectivity index (χ4v) is 3.54. The molecule has 1 aliphatic rings. The monoisotopic (exact) mass is 349 g/mol. The number of methoxy groups -OCH3 is 1. The van der Waals surface area contributed by atoms with E-state index in [1.54, 1.807) is 18.4 Å². The van der Waals surface area contributed by atoms with Gasteiger partial charge in [-0.3, -0.25) is 0 Å². The molecule has 0 unspecified atom stereocenters. The highest BCUT2D eigenvalue weighted by Crippen LogP contribution is 2.21. The van der Waals surface area contributed by atoms with E-state index in [0.717, 1.165) is 54.5 Å². The van der Waals surface area contributed by atoms with E-state index in [9.17, 15) is 0 Å². The van der Waals surface area contributed by atoms with Gasteiger partial charge in [-0.2, -0.15) is 4.98 Å². The molecule has 0 bridgehead atoms. The number of ether oxygens (including phenoxy) is 2. The van der Waals surface area contributed by atoms with Crippen LogP contribution in [0.5, 0.6) is 0 Å². The van der Waals surface area contributed by atoms with Gasteiger partial charge < -0.3 is 19.7 Å². The summed E-state index contributed by atoms with van der Waals surface area (Å²) in [5.74, 6) is 1.60. The standard InChI is InChI=1S/C16H23N5O2S/c1-11-8-14(20-16(18-11)21-4-6-23-7-5-21)17-9-13-12(2)19-15(24-13)10-22-3/h8H,4-7,9-10H2,1-3H3,(H,17,18,20). The van der Waals surface area contributed by atoms with Crippen LogP contribution in [0.25, 0.3) is 0 Å². The number of morpholine rings is 1. The minimum absolute atomic E-state index is 0.555. The van der Waals surface area contributed by atoms with Gasteiger partial charge in [0.1, 0.15) is 10.8 Å². The van der Waals surface area contributed by atoms with E-state index in [1.807, 2.05) is 19.9 Å². The zero-order valence-electron chi connectivity index (χ0n) is 14.3. The minimum Gasteiger partial charge on any atom is -0.378 e. The molecule has 3 rings (SSSR count). The summed E-state index contributed by atoms with van der Waals surface area (Å²) in [6, 6.07) is 1.97. The van der Waals surface area contributed by atoms with E-state index in [1.165, 1.54) is 4.88 Å². The summed E-state index contributed by atoms with van der Waals surface area (Å²) >= 11 is 1.67. The molecule has 3 heterocycles. The van der Waals surface area contributed by atoms with E-state index in [0.29, 0.717) is 13.2 Å². The highest BCUT2D eigenvalue weighted by atomic mass is 32.1. The lowest BCUT2D eigenvalue weighted by atomic mass is 10.3. The van der Waals surface area contributed by atoms with Crippen molar-refractivity contribution < 1.29 is 9.47 Å². The summed E-state index contributed by atoms with van der Waals surface area (Å²) in [7, 11) is 1.69. The SMILES string of the molecule is COCc1nc(C)c(CNc2cc(C)nc(N3CCOCC3)n2)s1. The van der Waals surface area contributed by atoms with Crippen LogP contribution in [0.3, 0.4) is 0 Å². The van der Waals surface area contributed by atoms with Crippen LogP contribution in [-0.2, 0) is 22.6 Å². The predicted octanol–water partition coefficient (Wildman–Crippen LogP) is 2.15. The van der Waals surface area contributed by atoms with Crippen LogP contribution in [0.15, 0.2) is 6.07 Å². The zero-order chi connectivity index (χ0) is 16.9. The van der Waals surface area contributed by atoms with Crippen molar-refractivity contribution in [3.63, 3.8) is 0 Å². The molecule has 7 nitrogen and oxygen atoms in total. The Bertz CT molecular complexity index is 685. The molecule has 2 aromatic heterocycles. The van der Waals surface area contributed by atoms with Gasteiger partial charge in [-0.15, -0.1) is 11.3 Å². The summed E-state index contributed by atoms with van der Waals surface area (Å²) in [6.45, 7) is 8.38. The fourth-order valence-electron chi connectivity index (χ4n) is 2.56. The third-order valence-corrected chi connectivity index (χ3v) is 4.90. The van der Waals surface area contributed by atoms with Crippen LogP contribution < -0.4 is 10.2 Å². The number of thiazole rings is 1. The maximum absolute atomic E-state index is 5.39. The van der Waals surface area contributed by atoms with Crippen LogP contribution in [0.1, 0.15) is 21.3 Å². The average molecular weight is 349 g/mol. The summed E-state index contributed by atoms with van der Waals surface area (Å²) in [5, 5.41) is 4.40. The molecule has 8 heteroatoms. The molecule has 1 aliphatic heterocycles.